The minimum atomic E-state index is -1.07. The molecule has 0 aliphatic heterocycles. The second-order valence-electron chi connectivity index (χ2n) is 3.65. The fraction of sp³-hybridized carbons (Fsp3) is 0.0769. The zero-order valence-electron chi connectivity index (χ0n) is 9.39. The van der Waals surface area contributed by atoms with Crippen LogP contribution in [0.4, 0.5) is 8.78 Å². The van der Waals surface area contributed by atoms with Gasteiger partial charge in [-0.2, -0.15) is 4.39 Å². The Kier molecular flexibility index (Phi) is 4.66. The molecule has 2 aromatic carbocycles. The van der Waals surface area contributed by atoms with Crippen LogP contribution in [-0.4, -0.2) is 0 Å². The molecule has 0 fully saturated rings. The van der Waals surface area contributed by atoms with E-state index < -0.39 is 11.6 Å². The van der Waals surface area contributed by atoms with Gasteiger partial charge in [0.1, 0.15) is 5.75 Å². The van der Waals surface area contributed by atoms with Crippen molar-refractivity contribution in [2.24, 2.45) is 0 Å². The molecule has 0 N–H and O–H groups in total. The van der Waals surface area contributed by atoms with Crippen LogP contribution in [0.25, 0.3) is 0 Å². The topological polar surface area (TPSA) is 9.23 Å². The van der Waals surface area contributed by atoms with Gasteiger partial charge in [0.25, 0.3) is 0 Å². The molecule has 0 saturated carbocycles. The predicted octanol–water partition coefficient (Wildman–Crippen LogP) is 5.91. The van der Waals surface area contributed by atoms with Crippen LogP contribution in [0, 0.1) is 11.6 Å². The molecule has 19 heavy (non-hydrogen) atoms. The summed E-state index contributed by atoms with van der Waals surface area (Å²) in [5, 5.41) is 0.406. The van der Waals surface area contributed by atoms with Gasteiger partial charge in [-0.25, -0.2) is 4.39 Å². The minimum Gasteiger partial charge on any atom is -0.454 e. The lowest BCUT2D eigenvalue weighted by Crippen LogP contribution is -1.95. The summed E-state index contributed by atoms with van der Waals surface area (Å²) in [6.45, 7) is 0. The Bertz CT molecular complexity index is 620. The third-order valence-electron chi connectivity index (χ3n) is 2.39. The monoisotopic (exact) mass is 366 g/mol. The molecule has 0 radical (unpaired) electrons. The van der Waals surface area contributed by atoms with Gasteiger partial charge in [-0.1, -0.05) is 33.6 Å². The quantitative estimate of drug-likeness (QED) is 0.483. The van der Waals surface area contributed by atoms with Crippen molar-refractivity contribution in [2.45, 2.75) is 5.88 Å². The fourth-order valence-electron chi connectivity index (χ4n) is 1.49. The zero-order chi connectivity index (χ0) is 14.0. The van der Waals surface area contributed by atoms with Crippen LogP contribution in [0.5, 0.6) is 11.5 Å². The zero-order valence-corrected chi connectivity index (χ0v) is 12.5. The Hall–Kier alpha value is -0.840. The molecule has 0 aromatic heterocycles. The van der Waals surface area contributed by atoms with Gasteiger partial charge in [-0.05, 0) is 24.3 Å². The summed E-state index contributed by atoms with van der Waals surface area (Å²) in [5.74, 6) is -1.91. The summed E-state index contributed by atoms with van der Waals surface area (Å²) in [6.07, 6.45) is 0. The molecule has 0 unspecified atom stereocenters. The van der Waals surface area contributed by atoms with E-state index in [4.69, 9.17) is 27.9 Å². The van der Waals surface area contributed by atoms with Crippen molar-refractivity contribution < 1.29 is 13.5 Å². The first-order chi connectivity index (χ1) is 9.02. The van der Waals surface area contributed by atoms with Crippen molar-refractivity contribution in [3.05, 3.63) is 57.0 Å². The van der Waals surface area contributed by atoms with Crippen LogP contribution in [0.15, 0.2) is 34.8 Å². The average molecular weight is 368 g/mol. The van der Waals surface area contributed by atoms with E-state index in [-0.39, 0.29) is 11.6 Å². The maximum absolute atomic E-state index is 13.6. The largest absolute Gasteiger partial charge is 0.454 e. The molecule has 0 heterocycles. The van der Waals surface area contributed by atoms with E-state index >= 15 is 0 Å². The molecule has 1 nitrogen and oxygen atoms in total. The molecule has 0 atom stereocenters. The lowest BCUT2D eigenvalue weighted by molar-refractivity contribution is 0.413. The van der Waals surface area contributed by atoms with Gasteiger partial charge in [0.15, 0.2) is 11.6 Å². The number of alkyl halides is 1. The van der Waals surface area contributed by atoms with Gasteiger partial charge < -0.3 is 4.74 Å². The smallest absolute Gasteiger partial charge is 0.201 e. The Morgan fingerprint density at radius 1 is 1.16 bits per heavy atom. The van der Waals surface area contributed by atoms with E-state index in [9.17, 15) is 8.78 Å². The first-order valence-electron chi connectivity index (χ1n) is 5.18. The number of hydrogen-bond donors (Lipinski definition) is 0. The fourth-order valence-corrected chi connectivity index (χ4v) is 2.47. The highest BCUT2D eigenvalue weighted by Gasteiger charge is 2.14. The molecule has 0 amide bonds. The van der Waals surface area contributed by atoms with Crippen molar-refractivity contribution in [2.75, 3.05) is 0 Å². The molecule has 2 aromatic rings. The van der Waals surface area contributed by atoms with E-state index in [0.717, 1.165) is 6.07 Å². The second kappa shape index (κ2) is 6.07. The van der Waals surface area contributed by atoms with Gasteiger partial charge >= 0.3 is 0 Å². The lowest BCUT2D eigenvalue weighted by atomic mass is 10.2. The molecule has 100 valence electrons. The van der Waals surface area contributed by atoms with Gasteiger partial charge in [-0.15, -0.1) is 11.6 Å². The maximum atomic E-state index is 13.6. The Morgan fingerprint density at radius 3 is 2.58 bits per heavy atom. The highest BCUT2D eigenvalue weighted by Crippen LogP contribution is 2.34. The van der Waals surface area contributed by atoms with Gasteiger partial charge in [0.05, 0.1) is 5.88 Å². The molecule has 6 heteroatoms. The van der Waals surface area contributed by atoms with E-state index in [1.165, 1.54) is 6.07 Å². The first-order valence-corrected chi connectivity index (χ1v) is 6.89. The predicted molar refractivity (Wildman–Crippen MR) is 75.1 cm³/mol. The summed E-state index contributed by atoms with van der Waals surface area (Å²) in [6, 6.07) is 7.21. The van der Waals surface area contributed by atoms with Crippen molar-refractivity contribution in [3.63, 3.8) is 0 Å². The maximum Gasteiger partial charge on any atom is 0.201 e. The molecule has 2 rings (SSSR count). The third-order valence-corrected chi connectivity index (χ3v) is 3.47. The molecular weight excluding hydrogens is 361 g/mol. The lowest BCUT2D eigenvalue weighted by Gasteiger charge is -2.12. The molecule has 0 spiro atoms. The van der Waals surface area contributed by atoms with Crippen LogP contribution >= 0.6 is 39.1 Å². The van der Waals surface area contributed by atoms with Crippen LogP contribution < -0.4 is 4.74 Å². The van der Waals surface area contributed by atoms with E-state index in [1.54, 1.807) is 18.2 Å². The normalized spacial score (nSPS) is 10.6. The summed E-state index contributed by atoms with van der Waals surface area (Å²) in [7, 11) is 0. The highest BCUT2D eigenvalue weighted by molar-refractivity contribution is 9.10. The van der Waals surface area contributed by atoms with Crippen LogP contribution in [0.2, 0.25) is 5.02 Å². The standard InChI is InChI=1S/C13H7BrCl2F2O/c14-7-4-10(17)13(18)12(5-7)19-11-3-1-2-9(16)8(11)6-15/h1-5H,6H2. The van der Waals surface area contributed by atoms with Gasteiger partial charge in [0.2, 0.25) is 5.82 Å². The Morgan fingerprint density at radius 2 is 1.89 bits per heavy atom. The van der Waals surface area contributed by atoms with Crippen LogP contribution in [-0.2, 0) is 5.88 Å². The van der Waals surface area contributed by atoms with Gasteiger partial charge in [0, 0.05) is 15.1 Å². The summed E-state index contributed by atoms with van der Waals surface area (Å²) in [5.41, 5.74) is 0.519. The third kappa shape index (κ3) is 3.19. The summed E-state index contributed by atoms with van der Waals surface area (Å²) < 4.78 is 32.6. The van der Waals surface area contributed by atoms with Crippen LogP contribution in [0.3, 0.4) is 0 Å². The molecule has 0 aliphatic carbocycles. The summed E-state index contributed by atoms with van der Waals surface area (Å²) in [4.78, 5) is 0. The minimum absolute atomic E-state index is 0.104. The molecule has 0 aliphatic rings. The molecule has 0 bridgehead atoms. The highest BCUT2D eigenvalue weighted by atomic mass is 79.9. The van der Waals surface area contributed by atoms with E-state index in [2.05, 4.69) is 15.9 Å². The van der Waals surface area contributed by atoms with Crippen LogP contribution in [0.1, 0.15) is 5.56 Å². The first kappa shape index (κ1) is 14.6. The number of hydrogen-bond acceptors (Lipinski definition) is 1. The molecular formula is C13H7BrCl2F2O. The van der Waals surface area contributed by atoms with Crippen molar-refractivity contribution in [1.82, 2.24) is 0 Å². The van der Waals surface area contributed by atoms with E-state index in [0.29, 0.717) is 20.8 Å². The van der Waals surface area contributed by atoms with E-state index in [1.807, 2.05) is 0 Å². The average Bonchev–Trinajstić information content (AvgIpc) is 2.35. The number of rotatable bonds is 3. The van der Waals surface area contributed by atoms with Gasteiger partial charge in [-0.3, -0.25) is 0 Å². The summed E-state index contributed by atoms with van der Waals surface area (Å²) >= 11 is 14.8. The number of ether oxygens (including phenoxy) is 1. The SMILES string of the molecule is Fc1cc(Br)cc(Oc2cccc(Cl)c2CCl)c1F. The Balaban J connectivity index is 2.45. The Labute approximate surface area is 127 Å². The van der Waals surface area contributed by atoms with Crippen molar-refractivity contribution in [3.8, 4) is 11.5 Å². The second-order valence-corrected chi connectivity index (χ2v) is 5.24. The number of benzene rings is 2. The number of halogens is 5. The van der Waals surface area contributed by atoms with Crippen molar-refractivity contribution in [1.29, 1.82) is 0 Å². The van der Waals surface area contributed by atoms with Crippen molar-refractivity contribution >= 4 is 39.1 Å². The molecule has 0 saturated heterocycles.